The van der Waals surface area contributed by atoms with Crippen LogP contribution >= 0.6 is 27.3 Å². The largest absolute Gasteiger partial charge is 0.622 e. The highest BCUT2D eigenvalue weighted by atomic mass is 79.9. The number of benzene rings is 1. The van der Waals surface area contributed by atoms with Gasteiger partial charge in [-0.05, 0) is 23.5 Å². The van der Waals surface area contributed by atoms with Gasteiger partial charge in [0.25, 0.3) is 11.4 Å². The highest BCUT2D eigenvalue weighted by molar-refractivity contribution is 9.09. The van der Waals surface area contributed by atoms with Gasteiger partial charge in [0, 0.05) is 18.1 Å². The lowest BCUT2D eigenvalue weighted by molar-refractivity contribution is 0.00563. The van der Waals surface area contributed by atoms with Crippen molar-refractivity contribution in [1.82, 2.24) is 14.5 Å². The number of quaternary nitrogens is 1. The van der Waals surface area contributed by atoms with E-state index in [1.165, 1.54) is 6.20 Å². The Labute approximate surface area is 169 Å². The maximum atomic E-state index is 13.6. The first-order valence-electron chi connectivity index (χ1n) is 8.03. The molecular weight excluding hydrogens is 458 g/mol. The van der Waals surface area contributed by atoms with Crippen LogP contribution in [0.25, 0.3) is 0 Å². The van der Waals surface area contributed by atoms with Gasteiger partial charge in [-0.2, -0.15) is 4.98 Å². The zero-order valence-corrected chi connectivity index (χ0v) is 17.7. The molecule has 1 aliphatic heterocycles. The third-order valence-corrected chi connectivity index (χ3v) is 7.36. The van der Waals surface area contributed by atoms with Gasteiger partial charge in [0.15, 0.2) is 9.84 Å². The molecule has 1 aromatic heterocycles. The summed E-state index contributed by atoms with van der Waals surface area (Å²) in [4.78, 5) is 18.3. The molecule has 0 radical (unpaired) electrons. The molecule has 3 rings (SSSR count). The van der Waals surface area contributed by atoms with Gasteiger partial charge in [-0.25, -0.2) is 18.1 Å². The Balaban J connectivity index is 1.89. The number of alkyl halides is 1. The molecule has 2 atom stereocenters. The molecule has 11 heteroatoms. The molecular formula is C16H18BrN3O5S2. The number of hydrogen-bond donors (Lipinski definition) is 0. The lowest BCUT2D eigenvalue weighted by atomic mass is 10.2. The Morgan fingerprint density at radius 3 is 2.74 bits per heavy atom. The first-order valence-corrected chi connectivity index (χ1v) is 11.9. The van der Waals surface area contributed by atoms with Crippen LogP contribution in [-0.4, -0.2) is 61.8 Å². The van der Waals surface area contributed by atoms with Crippen LogP contribution < -0.4 is 4.65 Å². The molecule has 1 fully saturated rings. The number of nitrogens with zero attached hydrogens (tertiary/aromatic N) is 3. The van der Waals surface area contributed by atoms with Gasteiger partial charge in [-0.15, -0.1) is 0 Å². The summed E-state index contributed by atoms with van der Waals surface area (Å²) in [6, 6.07) is 8.42. The molecule has 0 saturated carbocycles. The number of carbonyl (C=O) groups is 1. The molecule has 0 spiro atoms. The smallest absolute Gasteiger partial charge is 0.342 e. The minimum Gasteiger partial charge on any atom is -0.622 e. The summed E-state index contributed by atoms with van der Waals surface area (Å²) >= 11 is 4.15. The number of hydroxylamine groups is 2. The van der Waals surface area contributed by atoms with Crippen LogP contribution in [0.15, 0.2) is 40.7 Å². The number of aromatic nitrogens is 1. The van der Waals surface area contributed by atoms with Gasteiger partial charge in [0.05, 0.1) is 18.3 Å². The van der Waals surface area contributed by atoms with Crippen molar-refractivity contribution < 1.29 is 17.9 Å². The van der Waals surface area contributed by atoms with Gasteiger partial charge < -0.3 is 9.94 Å². The van der Waals surface area contributed by atoms with Crippen molar-refractivity contribution in [2.45, 2.75) is 10.4 Å². The normalized spacial score (nSPS) is 23.4. The van der Waals surface area contributed by atoms with Crippen LogP contribution in [-0.2, 0) is 14.6 Å². The van der Waals surface area contributed by atoms with Gasteiger partial charge in [0.2, 0.25) is 0 Å². The molecule has 0 bridgehead atoms. The summed E-state index contributed by atoms with van der Waals surface area (Å²) in [6.07, 6.45) is 1.21. The van der Waals surface area contributed by atoms with Crippen molar-refractivity contribution in [3.05, 3.63) is 47.3 Å². The fourth-order valence-electron chi connectivity index (χ4n) is 2.75. The highest BCUT2D eigenvalue weighted by Gasteiger charge is 2.46. The van der Waals surface area contributed by atoms with Gasteiger partial charge in [-0.3, -0.25) is 4.65 Å². The average Bonchev–Trinajstić information content (AvgIpc) is 3.23. The fourth-order valence-corrected chi connectivity index (χ4v) is 5.04. The second-order valence-corrected chi connectivity index (χ2v) is 10.2. The summed E-state index contributed by atoms with van der Waals surface area (Å²) in [7, 11) is -3.47. The number of carbonyl (C=O) groups excluding carboxylic acids is 1. The molecule has 8 nitrogen and oxygen atoms in total. The number of halogens is 1. The molecule has 2 heterocycles. The quantitative estimate of drug-likeness (QED) is 0.273. The van der Waals surface area contributed by atoms with E-state index in [1.807, 2.05) is 4.90 Å². The maximum Gasteiger partial charge on any atom is 0.342 e. The van der Waals surface area contributed by atoms with E-state index in [2.05, 4.69) is 20.9 Å². The molecule has 2 aromatic rings. The lowest BCUT2D eigenvalue weighted by Crippen LogP contribution is -2.50. The van der Waals surface area contributed by atoms with Crippen molar-refractivity contribution in [1.29, 1.82) is 0 Å². The van der Waals surface area contributed by atoms with Crippen molar-refractivity contribution >= 4 is 48.2 Å². The van der Waals surface area contributed by atoms with Gasteiger partial charge >= 0.3 is 5.97 Å². The van der Waals surface area contributed by atoms with Gasteiger partial charge in [-0.1, -0.05) is 34.1 Å². The number of sulfone groups is 1. The third kappa shape index (κ3) is 4.39. The first kappa shape index (κ1) is 20.4. The summed E-state index contributed by atoms with van der Waals surface area (Å²) in [5.41, 5.74) is 0.346. The standard InChI is InChI=1S/C16H18BrN3O5S2/c1-27(23,24)14-9-18-16(26-14)20(22)11-19(8-7-17)10-13(20)25-15(21)12-5-3-2-4-6-12/h2-6,9,13H,7-8,10-11H2,1H3. The average molecular weight is 476 g/mol. The number of thiazole rings is 1. The van der Waals surface area contributed by atoms with Crippen molar-refractivity contribution in [2.75, 3.05) is 31.3 Å². The molecule has 0 aliphatic carbocycles. The summed E-state index contributed by atoms with van der Waals surface area (Å²) < 4.78 is 28.0. The monoisotopic (exact) mass is 475 g/mol. The Kier molecular flexibility index (Phi) is 5.99. The molecule has 27 heavy (non-hydrogen) atoms. The predicted molar refractivity (Wildman–Crippen MR) is 106 cm³/mol. The third-order valence-electron chi connectivity index (χ3n) is 4.10. The summed E-state index contributed by atoms with van der Waals surface area (Å²) in [6.45, 7) is 0.850. The number of esters is 1. The van der Waals surface area contributed by atoms with Crippen molar-refractivity contribution in [3.8, 4) is 0 Å². The van der Waals surface area contributed by atoms with E-state index in [4.69, 9.17) is 4.74 Å². The van der Waals surface area contributed by atoms with Crippen LogP contribution in [0.2, 0.25) is 0 Å². The van der Waals surface area contributed by atoms with E-state index in [1.54, 1.807) is 30.3 Å². The number of hydrogen-bond acceptors (Lipinski definition) is 8. The molecule has 1 aliphatic rings. The van der Waals surface area contributed by atoms with Gasteiger partial charge in [0.1, 0.15) is 10.9 Å². The topological polar surface area (TPSA) is 99.6 Å². The first-order chi connectivity index (χ1) is 12.7. The van der Waals surface area contributed by atoms with Crippen LogP contribution in [0.5, 0.6) is 0 Å². The molecule has 1 aromatic carbocycles. The molecule has 0 amide bonds. The van der Waals surface area contributed by atoms with Crippen LogP contribution in [0.3, 0.4) is 0 Å². The second kappa shape index (κ2) is 7.94. The number of ether oxygens (including phenoxy) is 1. The van der Waals surface area contributed by atoms with Crippen LogP contribution in [0.1, 0.15) is 10.4 Å². The predicted octanol–water partition coefficient (Wildman–Crippen LogP) is 2.20. The van der Waals surface area contributed by atoms with E-state index in [-0.39, 0.29) is 22.6 Å². The summed E-state index contributed by atoms with van der Waals surface area (Å²) in [5, 5.41) is 14.3. The van der Waals surface area contributed by atoms with E-state index in [0.29, 0.717) is 17.4 Å². The Hall–Kier alpha value is -1.37. The highest BCUT2D eigenvalue weighted by Crippen LogP contribution is 2.36. The Bertz CT molecular complexity index is 921. The minimum absolute atomic E-state index is 0.0120. The second-order valence-electron chi connectivity index (χ2n) is 6.16. The van der Waals surface area contributed by atoms with Crippen molar-refractivity contribution in [2.24, 2.45) is 0 Å². The van der Waals surface area contributed by atoms with Crippen LogP contribution in [0.4, 0.5) is 5.13 Å². The SMILES string of the molecule is CS(=O)(=O)c1cnc([N+]2([O-])CN(CCBr)CC2OC(=O)c2ccccc2)s1. The van der Waals surface area contributed by atoms with E-state index in [9.17, 15) is 18.4 Å². The van der Waals surface area contributed by atoms with E-state index < -0.39 is 26.7 Å². The summed E-state index contributed by atoms with van der Waals surface area (Å²) in [5.74, 6) is -0.598. The molecule has 2 unspecified atom stereocenters. The number of rotatable bonds is 6. The lowest BCUT2D eigenvalue weighted by Gasteiger charge is -2.38. The molecule has 146 valence electrons. The van der Waals surface area contributed by atoms with Crippen molar-refractivity contribution in [3.63, 3.8) is 0 Å². The van der Waals surface area contributed by atoms with E-state index in [0.717, 1.165) is 17.6 Å². The fraction of sp³-hybridized carbons (Fsp3) is 0.375. The van der Waals surface area contributed by atoms with Crippen LogP contribution in [0, 0.1) is 5.21 Å². The zero-order chi connectivity index (χ0) is 19.7. The zero-order valence-electron chi connectivity index (χ0n) is 14.4. The van der Waals surface area contributed by atoms with E-state index >= 15 is 0 Å². The molecule has 1 saturated heterocycles. The molecule has 0 N–H and O–H groups in total. The maximum absolute atomic E-state index is 13.6. The minimum atomic E-state index is -3.47. The Morgan fingerprint density at radius 1 is 1.44 bits per heavy atom. The Morgan fingerprint density at radius 2 is 2.15 bits per heavy atom.